The fraction of sp³-hybridized carbons (Fsp3) is 0.550. The number of anilines is 1. The lowest BCUT2D eigenvalue weighted by Gasteiger charge is -2.37. The minimum Gasteiger partial charge on any atom is -0.378 e. The van der Waals surface area contributed by atoms with Crippen molar-refractivity contribution in [3.05, 3.63) is 30.1 Å². The van der Waals surface area contributed by atoms with Gasteiger partial charge in [0.2, 0.25) is 11.8 Å². The second-order valence-corrected chi connectivity index (χ2v) is 7.51. The third-order valence-corrected chi connectivity index (χ3v) is 5.85. The van der Waals surface area contributed by atoms with E-state index >= 15 is 0 Å². The Balaban J connectivity index is 1.37. The van der Waals surface area contributed by atoms with Crippen LogP contribution in [0.5, 0.6) is 0 Å². The summed E-state index contributed by atoms with van der Waals surface area (Å²) in [4.78, 5) is 42.9. The number of ether oxygens (including phenoxy) is 1. The Morgan fingerprint density at radius 3 is 2.29 bits per heavy atom. The third kappa shape index (κ3) is 3.66. The molecule has 3 aliphatic heterocycles. The summed E-state index contributed by atoms with van der Waals surface area (Å²) in [5, 5.41) is 0. The molecule has 0 unspecified atom stereocenters. The van der Waals surface area contributed by atoms with Gasteiger partial charge in [-0.25, -0.2) is 9.29 Å². The van der Waals surface area contributed by atoms with Gasteiger partial charge < -0.3 is 9.64 Å². The summed E-state index contributed by atoms with van der Waals surface area (Å²) in [6.07, 6.45) is 1.49. The normalized spacial score (nSPS) is 24.8. The van der Waals surface area contributed by atoms with Gasteiger partial charge in [0, 0.05) is 19.0 Å². The van der Waals surface area contributed by atoms with E-state index in [-0.39, 0.29) is 30.1 Å². The summed E-state index contributed by atoms with van der Waals surface area (Å²) >= 11 is 0. The molecule has 0 aliphatic carbocycles. The Kier molecular flexibility index (Phi) is 5.41. The molecule has 3 heterocycles. The number of benzene rings is 1. The van der Waals surface area contributed by atoms with Crippen LogP contribution in [-0.2, 0) is 19.1 Å². The van der Waals surface area contributed by atoms with Gasteiger partial charge in [-0.1, -0.05) is 0 Å². The lowest BCUT2D eigenvalue weighted by molar-refractivity contribution is -0.141. The minimum absolute atomic E-state index is 0.0326. The van der Waals surface area contributed by atoms with Crippen molar-refractivity contribution in [3.63, 3.8) is 0 Å². The standard InChI is InChI=1S/C20H24FN3O4/c21-15-1-3-16(4-2-15)24-18(25)13-17(20(24)27)22-7-5-14(6-8-22)19(26)23-9-11-28-12-10-23/h1-4,14,17H,5-13H2/t17-/m1/s1. The van der Waals surface area contributed by atoms with Gasteiger partial charge in [-0.2, -0.15) is 0 Å². The highest BCUT2D eigenvalue weighted by Crippen LogP contribution is 2.29. The Bertz CT molecular complexity index is 755. The maximum absolute atomic E-state index is 13.1. The van der Waals surface area contributed by atoms with Crippen LogP contribution in [0, 0.1) is 11.7 Å². The zero-order valence-electron chi connectivity index (χ0n) is 15.7. The van der Waals surface area contributed by atoms with Gasteiger partial charge in [0.1, 0.15) is 5.82 Å². The lowest BCUT2D eigenvalue weighted by Crippen LogP contribution is -2.50. The first kappa shape index (κ1) is 19.0. The summed E-state index contributed by atoms with van der Waals surface area (Å²) in [7, 11) is 0. The Hall–Kier alpha value is -2.32. The fourth-order valence-electron chi connectivity index (χ4n) is 4.26. The van der Waals surface area contributed by atoms with E-state index in [1.807, 2.05) is 9.80 Å². The minimum atomic E-state index is -0.503. The fourth-order valence-corrected chi connectivity index (χ4v) is 4.26. The average Bonchev–Trinajstić information content (AvgIpc) is 3.03. The summed E-state index contributed by atoms with van der Waals surface area (Å²) in [6.45, 7) is 3.68. The van der Waals surface area contributed by atoms with Crippen molar-refractivity contribution in [1.82, 2.24) is 9.80 Å². The molecule has 0 radical (unpaired) electrons. The molecule has 1 atom stereocenters. The van der Waals surface area contributed by atoms with Gasteiger partial charge in [-0.15, -0.1) is 0 Å². The third-order valence-electron chi connectivity index (χ3n) is 5.85. The van der Waals surface area contributed by atoms with Crippen molar-refractivity contribution >= 4 is 23.4 Å². The topological polar surface area (TPSA) is 70.2 Å². The van der Waals surface area contributed by atoms with E-state index in [4.69, 9.17) is 4.74 Å². The molecule has 0 spiro atoms. The first-order valence-corrected chi connectivity index (χ1v) is 9.77. The molecule has 3 fully saturated rings. The molecule has 0 aromatic heterocycles. The van der Waals surface area contributed by atoms with Crippen LogP contribution in [0.25, 0.3) is 0 Å². The van der Waals surface area contributed by atoms with Crippen molar-refractivity contribution in [2.24, 2.45) is 5.92 Å². The van der Waals surface area contributed by atoms with E-state index in [9.17, 15) is 18.8 Å². The summed E-state index contributed by atoms with van der Waals surface area (Å²) in [6, 6.07) is 4.87. The van der Waals surface area contributed by atoms with Gasteiger partial charge in [0.05, 0.1) is 31.4 Å². The summed E-state index contributed by atoms with van der Waals surface area (Å²) in [5.41, 5.74) is 0.399. The average molecular weight is 389 g/mol. The van der Waals surface area contributed by atoms with Gasteiger partial charge in [0.15, 0.2) is 0 Å². The van der Waals surface area contributed by atoms with Crippen LogP contribution in [0.15, 0.2) is 24.3 Å². The molecule has 0 N–H and O–H groups in total. The maximum Gasteiger partial charge on any atom is 0.251 e. The summed E-state index contributed by atoms with van der Waals surface area (Å²) < 4.78 is 18.4. The summed E-state index contributed by atoms with van der Waals surface area (Å²) in [5.74, 6) is -0.812. The van der Waals surface area contributed by atoms with Crippen LogP contribution in [0.1, 0.15) is 19.3 Å². The molecule has 1 aromatic carbocycles. The van der Waals surface area contributed by atoms with Crippen LogP contribution in [0.4, 0.5) is 10.1 Å². The zero-order valence-corrected chi connectivity index (χ0v) is 15.7. The smallest absolute Gasteiger partial charge is 0.251 e. The van der Waals surface area contributed by atoms with Gasteiger partial charge >= 0.3 is 0 Å². The molecule has 3 aliphatic rings. The van der Waals surface area contributed by atoms with E-state index in [0.29, 0.717) is 57.9 Å². The van der Waals surface area contributed by atoms with Gasteiger partial charge in [-0.3, -0.25) is 19.3 Å². The second kappa shape index (κ2) is 7.97. The second-order valence-electron chi connectivity index (χ2n) is 7.51. The van der Waals surface area contributed by atoms with Crippen molar-refractivity contribution in [3.8, 4) is 0 Å². The Morgan fingerprint density at radius 1 is 1.00 bits per heavy atom. The highest BCUT2D eigenvalue weighted by atomic mass is 19.1. The number of piperidine rings is 1. The van der Waals surface area contributed by atoms with Crippen molar-refractivity contribution < 1.29 is 23.5 Å². The molecule has 7 nitrogen and oxygen atoms in total. The molecule has 8 heteroatoms. The number of morpholine rings is 1. The van der Waals surface area contributed by atoms with Crippen LogP contribution in [0.3, 0.4) is 0 Å². The van der Waals surface area contributed by atoms with Crippen molar-refractivity contribution in [2.75, 3.05) is 44.3 Å². The molecule has 3 amide bonds. The van der Waals surface area contributed by atoms with Crippen molar-refractivity contribution in [1.29, 1.82) is 0 Å². The molecule has 4 rings (SSSR count). The lowest BCUT2D eigenvalue weighted by atomic mass is 9.94. The number of likely N-dealkylation sites (tertiary alicyclic amines) is 1. The molecule has 150 valence electrons. The molecule has 28 heavy (non-hydrogen) atoms. The number of imide groups is 1. The Labute approximate surface area is 163 Å². The van der Waals surface area contributed by atoms with E-state index in [1.54, 1.807) is 0 Å². The number of halogens is 1. The van der Waals surface area contributed by atoms with E-state index in [2.05, 4.69) is 0 Å². The van der Waals surface area contributed by atoms with Gasteiger partial charge in [-0.05, 0) is 50.2 Å². The van der Waals surface area contributed by atoms with E-state index in [0.717, 1.165) is 4.90 Å². The first-order valence-electron chi connectivity index (χ1n) is 9.77. The molecular weight excluding hydrogens is 365 g/mol. The number of rotatable bonds is 3. The number of hydrogen-bond donors (Lipinski definition) is 0. The van der Waals surface area contributed by atoms with Crippen LogP contribution < -0.4 is 4.90 Å². The quantitative estimate of drug-likeness (QED) is 0.723. The number of amides is 3. The number of carbonyl (C=O) groups is 3. The van der Waals surface area contributed by atoms with Crippen LogP contribution in [-0.4, -0.2) is 73.0 Å². The SMILES string of the molecule is O=C(C1CCN([C@@H]2CC(=O)N(c3ccc(F)cc3)C2=O)CC1)N1CCOCC1. The Morgan fingerprint density at radius 2 is 1.64 bits per heavy atom. The molecule has 1 aromatic rings. The number of nitrogens with zero attached hydrogens (tertiary/aromatic N) is 3. The molecular formula is C20H24FN3O4. The van der Waals surface area contributed by atoms with E-state index < -0.39 is 11.9 Å². The van der Waals surface area contributed by atoms with Crippen molar-refractivity contribution in [2.45, 2.75) is 25.3 Å². The predicted octanol–water partition coefficient (Wildman–Crippen LogP) is 1.03. The predicted molar refractivity (Wildman–Crippen MR) is 99.0 cm³/mol. The van der Waals surface area contributed by atoms with E-state index in [1.165, 1.54) is 24.3 Å². The highest BCUT2D eigenvalue weighted by Gasteiger charge is 2.44. The molecule has 0 saturated carbocycles. The van der Waals surface area contributed by atoms with Gasteiger partial charge in [0.25, 0.3) is 5.91 Å². The molecule has 0 bridgehead atoms. The number of hydrogen-bond acceptors (Lipinski definition) is 5. The highest BCUT2D eigenvalue weighted by molar-refractivity contribution is 6.22. The van der Waals surface area contributed by atoms with Crippen LogP contribution in [0.2, 0.25) is 0 Å². The van der Waals surface area contributed by atoms with Crippen LogP contribution >= 0.6 is 0 Å². The molecule has 3 saturated heterocycles. The largest absolute Gasteiger partial charge is 0.378 e. The zero-order chi connectivity index (χ0) is 19.7. The maximum atomic E-state index is 13.1. The number of carbonyl (C=O) groups excluding carboxylic acids is 3. The first-order chi connectivity index (χ1) is 13.5. The monoisotopic (exact) mass is 389 g/mol.